The molecule has 0 aromatic carbocycles. The number of hydrogen-bond acceptors (Lipinski definition) is 2. The van der Waals surface area contributed by atoms with Crippen molar-refractivity contribution < 1.29 is 30.0 Å². The van der Waals surface area contributed by atoms with Crippen LogP contribution in [0.15, 0.2) is 0 Å². The molecule has 0 radical (unpaired) electrons. The minimum absolute atomic E-state index is 0. The third-order valence-electron chi connectivity index (χ3n) is 0.707. The number of unbranched alkanes of at least 4 members (excludes halogenated alkanes) is 2. The molecule has 0 unspecified atom stereocenters. The summed E-state index contributed by atoms with van der Waals surface area (Å²) in [5.74, 6) is 0. The third-order valence-corrected chi connectivity index (χ3v) is 0.707. The van der Waals surface area contributed by atoms with Crippen LogP contribution in [0, 0.1) is 0 Å². The van der Waals surface area contributed by atoms with Gasteiger partial charge in [0.1, 0.15) is 0 Å². The summed E-state index contributed by atoms with van der Waals surface area (Å²) in [6.07, 6.45) is 0.410. The molecule has 0 aliphatic carbocycles. The first kappa shape index (κ1) is 36.5. The lowest BCUT2D eigenvalue weighted by Crippen LogP contribution is -1.81. The summed E-state index contributed by atoms with van der Waals surface area (Å²) in [6, 6.07) is 0. The average Bonchev–Trinajstić information content (AvgIpc) is 1.86. The standard InChI is InChI=1S/C5H12.2CH2O3.3CH4/c1-3-5-4-2;2*2-1(3)4;;;/h3-5H2,1-2H3;2*(H2,2,3,4);3*1H4. The fourth-order valence-electron chi connectivity index (χ4n) is 0.354. The van der Waals surface area contributed by atoms with Gasteiger partial charge in [-0.05, 0) is 0 Å². The van der Waals surface area contributed by atoms with Gasteiger partial charge in [0, 0.05) is 0 Å². The fourth-order valence-corrected chi connectivity index (χ4v) is 0.354. The van der Waals surface area contributed by atoms with Gasteiger partial charge >= 0.3 is 12.3 Å². The highest BCUT2D eigenvalue weighted by Crippen LogP contribution is 1.88. The fraction of sp³-hybridized carbons (Fsp3) is 0.800. The minimum Gasteiger partial charge on any atom is -0.450 e. The normalized spacial score (nSPS) is 5.62. The first-order valence-corrected chi connectivity index (χ1v) is 3.72. The Labute approximate surface area is 98.6 Å². The Hall–Kier alpha value is -1.46. The van der Waals surface area contributed by atoms with Crippen LogP contribution in [-0.4, -0.2) is 32.7 Å². The van der Waals surface area contributed by atoms with Crippen molar-refractivity contribution in [3.05, 3.63) is 0 Å². The van der Waals surface area contributed by atoms with E-state index in [-0.39, 0.29) is 22.3 Å². The molecular formula is C10H28O6. The molecule has 0 spiro atoms. The Kier molecular flexibility index (Phi) is 85.6. The van der Waals surface area contributed by atoms with E-state index in [1.807, 2.05) is 0 Å². The summed E-state index contributed by atoms with van der Waals surface area (Å²) < 4.78 is 0. The van der Waals surface area contributed by atoms with Gasteiger partial charge in [0.25, 0.3) is 0 Å². The molecule has 0 aromatic rings. The van der Waals surface area contributed by atoms with E-state index in [9.17, 15) is 0 Å². The van der Waals surface area contributed by atoms with Gasteiger partial charge < -0.3 is 20.4 Å². The van der Waals surface area contributed by atoms with E-state index in [1.54, 1.807) is 0 Å². The van der Waals surface area contributed by atoms with Crippen molar-refractivity contribution in [2.75, 3.05) is 0 Å². The molecule has 0 fully saturated rings. The number of rotatable bonds is 2. The first-order chi connectivity index (χ1) is 5.88. The molecule has 0 bridgehead atoms. The second-order valence-corrected chi connectivity index (χ2v) is 1.92. The van der Waals surface area contributed by atoms with Crippen LogP contribution >= 0.6 is 0 Å². The molecule has 6 nitrogen and oxygen atoms in total. The van der Waals surface area contributed by atoms with E-state index in [4.69, 9.17) is 30.0 Å². The average molecular weight is 244 g/mol. The van der Waals surface area contributed by atoms with Gasteiger partial charge in [-0.3, -0.25) is 0 Å². The van der Waals surface area contributed by atoms with Crippen molar-refractivity contribution in [1.29, 1.82) is 0 Å². The number of carboxylic acid groups (broad SMARTS) is 4. The van der Waals surface area contributed by atoms with Crippen LogP contribution in [0.2, 0.25) is 0 Å². The lowest BCUT2D eigenvalue weighted by molar-refractivity contribution is 0.135. The quantitative estimate of drug-likeness (QED) is 0.566. The SMILES string of the molecule is C.C.C.CCCCC.O=C(O)O.O=C(O)O. The Morgan fingerprint density at radius 3 is 0.875 bits per heavy atom. The summed E-state index contributed by atoms with van der Waals surface area (Å²) in [5.41, 5.74) is 0. The van der Waals surface area contributed by atoms with Crippen molar-refractivity contribution in [2.24, 2.45) is 0 Å². The summed E-state index contributed by atoms with van der Waals surface area (Å²) in [5, 5.41) is 27.9. The molecule has 0 amide bonds. The lowest BCUT2D eigenvalue weighted by atomic mass is 10.3. The van der Waals surface area contributed by atoms with Gasteiger partial charge in [-0.15, -0.1) is 0 Å². The topological polar surface area (TPSA) is 115 Å². The van der Waals surface area contributed by atoms with Crippen LogP contribution in [0.3, 0.4) is 0 Å². The second-order valence-electron chi connectivity index (χ2n) is 1.92. The molecular weight excluding hydrogens is 216 g/mol. The molecule has 0 saturated carbocycles. The van der Waals surface area contributed by atoms with Gasteiger partial charge in [-0.1, -0.05) is 55.4 Å². The highest BCUT2D eigenvalue weighted by Gasteiger charge is 1.70. The van der Waals surface area contributed by atoms with E-state index in [2.05, 4.69) is 13.8 Å². The van der Waals surface area contributed by atoms with Crippen molar-refractivity contribution in [2.45, 2.75) is 55.4 Å². The first-order valence-electron chi connectivity index (χ1n) is 3.72. The van der Waals surface area contributed by atoms with Gasteiger partial charge in [-0.25, -0.2) is 9.59 Å². The molecule has 16 heavy (non-hydrogen) atoms. The van der Waals surface area contributed by atoms with Crippen LogP contribution in [0.4, 0.5) is 9.59 Å². The van der Waals surface area contributed by atoms with Crippen LogP contribution in [0.25, 0.3) is 0 Å². The molecule has 0 rings (SSSR count). The summed E-state index contributed by atoms with van der Waals surface area (Å²) >= 11 is 0. The molecule has 0 aromatic heterocycles. The van der Waals surface area contributed by atoms with Gasteiger partial charge in [0.15, 0.2) is 0 Å². The van der Waals surface area contributed by atoms with E-state index < -0.39 is 12.3 Å². The largest absolute Gasteiger partial charge is 0.503 e. The van der Waals surface area contributed by atoms with Crippen molar-refractivity contribution >= 4 is 12.3 Å². The van der Waals surface area contributed by atoms with Crippen molar-refractivity contribution in [3.8, 4) is 0 Å². The summed E-state index contributed by atoms with van der Waals surface area (Å²) in [4.78, 5) is 17.1. The maximum Gasteiger partial charge on any atom is 0.503 e. The summed E-state index contributed by atoms with van der Waals surface area (Å²) in [6.45, 7) is 4.42. The molecule has 6 heteroatoms. The maximum atomic E-state index is 8.56. The Bertz CT molecular complexity index is 102. The van der Waals surface area contributed by atoms with Crippen LogP contribution < -0.4 is 0 Å². The molecule has 0 aliphatic heterocycles. The predicted octanol–water partition coefficient (Wildman–Crippen LogP) is 4.55. The van der Waals surface area contributed by atoms with Crippen molar-refractivity contribution in [3.63, 3.8) is 0 Å². The molecule has 0 heterocycles. The molecule has 104 valence electrons. The predicted molar refractivity (Wildman–Crippen MR) is 66.7 cm³/mol. The zero-order valence-corrected chi connectivity index (χ0v) is 7.73. The smallest absolute Gasteiger partial charge is 0.450 e. The Morgan fingerprint density at radius 2 is 0.875 bits per heavy atom. The van der Waals surface area contributed by atoms with E-state index in [0.29, 0.717) is 0 Å². The molecule has 0 saturated heterocycles. The maximum absolute atomic E-state index is 8.56. The highest BCUT2D eigenvalue weighted by molar-refractivity contribution is 5.53. The monoisotopic (exact) mass is 244 g/mol. The number of carbonyl (C=O) groups is 2. The zero-order chi connectivity index (χ0) is 11.3. The summed E-state index contributed by atoms with van der Waals surface area (Å²) in [7, 11) is 0. The Balaban J connectivity index is -0.0000000216. The lowest BCUT2D eigenvalue weighted by Gasteiger charge is -1.79. The molecule has 4 N–H and O–H groups in total. The van der Waals surface area contributed by atoms with Crippen LogP contribution in [-0.2, 0) is 0 Å². The third kappa shape index (κ3) is 5730. The van der Waals surface area contributed by atoms with Gasteiger partial charge in [0.05, 0.1) is 0 Å². The minimum atomic E-state index is -1.83. The van der Waals surface area contributed by atoms with E-state index in [0.717, 1.165) is 0 Å². The van der Waals surface area contributed by atoms with E-state index in [1.165, 1.54) is 19.3 Å². The van der Waals surface area contributed by atoms with Crippen LogP contribution in [0.5, 0.6) is 0 Å². The second kappa shape index (κ2) is 37.5. The van der Waals surface area contributed by atoms with Gasteiger partial charge in [-0.2, -0.15) is 0 Å². The van der Waals surface area contributed by atoms with Crippen LogP contribution in [0.1, 0.15) is 55.4 Å². The van der Waals surface area contributed by atoms with E-state index >= 15 is 0 Å². The van der Waals surface area contributed by atoms with Crippen molar-refractivity contribution in [1.82, 2.24) is 0 Å². The molecule has 0 aliphatic rings. The highest BCUT2D eigenvalue weighted by atomic mass is 16.6. The number of hydrogen-bond donors (Lipinski definition) is 4. The van der Waals surface area contributed by atoms with Gasteiger partial charge in [0.2, 0.25) is 0 Å². The molecule has 0 atom stereocenters. The Morgan fingerprint density at radius 1 is 0.750 bits per heavy atom. The zero-order valence-electron chi connectivity index (χ0n) is 7.73.